The van der Waals surface area contributed by atoms with Crippen molar-refractivity contribution in [3.63, 3.8) is 0 Å². The lowest BCUT2D eigenvalue weighted by atomic mass is 9.81. The number of nitrogens with one attached hydrogen (secondary N) is 1. The summed E-state index contributed by atoms with van der Waals surface area (Å²) in [4.78, 5) is 12.1. The van der Waals surface area contributed by atoms with Gasteiger partial charge in [-0.05, 0) is 12.8 Å². The van der Waals surface area contributed by atoms with Crippen LogP contribution < -0.4 is 11.1 Å². The van der Waals surface area contributed by atoms with Crippen molar-refractivity contribution in [3.8, 4) is 0 Å². The van der Waals surface area contributed by atoms with Crippen LogP contribution in [-0.2, 0) is 4.79 Å². The summed E-state index contributed by atoms with van der Waals surface area (Å²) in [6.07, 6.45) is 0.899. The molecule has 0 atom stereocenters. The summed E-state index contributed by atoms with van der Waals surface area (Å²) in [7, 11) is 0. The number of carbonyl (C=O) groups is 1. The van der Waals surface area contributed by atoms with Crippen molar-refractivity contribution >= 4 is 11.6 Å². The third-order valence-corrected chi connectivity index (χ3v) is 3.47. The van der Waals surface area contributed by atoms with Crippen LogP contribution in [0.4, 0.5) is 18.9 Å². The minimum Gasteiger partial charge on any atom is -0.329 e. The highest BCUT2D eigenvalue weighted by Gasteiger charge is 2.34. The second-order valence-corrected chi connectivity index (χ2v) is 4.39. The second kappa shape index (κ2) is 6.06. The second-order valence-electron chi connectivity index (χ2n) is 4.39. The highest BCUT2D eigenvalue weighted by molar-refractivity contribution is 5.95. The highest BCUT2D eigenvalue weighted by Crippen LogP contribution is 2.28. The summed E-state index contributed by atoms with van der Waals surface area (Å²) >= 11 is 0. The van der Waals surface area contributed by atoms with Gasteiger partial charge in [-0.2, -0.15) is 0 Å². The summed E-state index contributed by atoms with van der Waals surface area (Å²) in [5.41, 5.74) is 4.20. The van der Waals surface area contributed by atoms with Gasteiger partial charge in [-0.25, -0.2) is 13.2 Å². The summed E-state index contributed by atoms with van der Waals surface area (Å²) in [6.45, 7) is 3.63. The number of anilines is 1. The highest BCUT2D eigenvalue weighted by atomic mass is 19.2. The van der Waals surface area contributed by atoms with E-state index in [1.807, 2.05) is 0 Å². The van der Waals surface area contributed by atoms with Gasteiger partial charge in [0.1, 0.15) is 5.82 Å². The van der Waals surface area contributed by atoms with Crippen molar-refractivity contribution in [3.05, 3.63) is 29.6 Å². The van der Waals surface area contributed by atoms with Gasteiger partial charge in [0.25, 0.3) is 0 Å². The van der Waals surface area contributed by atoms with Gasteiger partial charge >= 0.3 is 0 Å². The van der Waals surface area contributed by atoms with E-state index in [4.69, 9.17) is 5.73 Å². The van der Waals surface area contributed by atoms with Crippen LogP contribution in [0.3, 0.4) is 0 Å². The Balaban J connectivity index is 3.06. The molecule has 0 aliphatic rings. The van der Waals surface area contributed by atoms with Gasteiger partial charge in [0.15, 0.2) is 11.6 Å². The fourth-order valence-electron chi connectivity index (χ4n) is 1.85. The molecule has 1 rings (SSSR count). The minimum absolute atomic E-state index is 0.0747. The van der Waals surface area contributed by atoms with Gasteiger partial charge in [-0.15, -0.1) is 0 Å². The summed E-state index contributed by atoms with van der Waals surface area (Å²) in [6, 6.07) is 1.16. The van der Waals surface area contributed by atoms with Gasteiger partial charge in [-0.1, -0.05) is 13.8 Å². The Labute approximate surface area is 110 Å². The molecular formula is C13H17F3N2O. The molecule has 6 heteroatoms. The Morgan fingerprint density at radius 3 is 2.32 bits per heavy atom. The third-order valence-electron chi connectivity index (χ3n) is 3.47. The summed E-state index contributed by atoms with van der Waals surface area (Å²) in [5, 5.41) is 2.21. The number of rotatable bonds is 5. The van der Waals surface area contributed by atoms with E-state index in [1.165, 1.54) is 0 Å². The third kappa shape index (κ3) is 3.07. The molecule has 3 N–H and O–H groups in total. The van der Waals surface area contributed by atoms with E-state index in [-0.39, 0.29) is 6.54 Å². The predicted molar refractivity (Wildman–Crippen MR) is 67.0 cm³/mol. The summed E-state index contributed by atoms with van der Waals surface area (Å²) < 4.78 is 39.5. The zero-order valence-corrected chi connectivity index (χ0v) is 10.9. The number of hydrogen-bond acceptors (Lipinski definition) is 2. The van der Waals surface area contributed by atoms with E-state index in [0.29, 0.717) is 18.9 Å². The van der Waals surface area contributed by atoms with E-state index in [1.54, 1.807) is 13.8 Å². The van der Waals surface area contributed by atoms with Crippen LogP contribution in [0.15, 0.2) is 12.1 Å². The zero-order chi connectivity index (χ0) is 14.6. The van der Waals surface area contributed by atoms with Crippen LogP contribution in [0, 0.1) is 22.9 Å². The number of hydrogen-bond donors (Lipinski definition) is 2. The van der Waals surface area contributed by atoms with Gasteiger partial charge < -0.3 is 11.1 Å². The van der Waals surface area contributed by atoms with E-state index in [9.17, 15) is 18.0 Å². The zero-order valence-electron chi connectivity index (χ0n) is 10.9. The number of amides is 1. The van der Waals surface area contributed by atoms with E-state index < -0.39 is 34.5 Å². The Kier molecular flexibility index (Phi) is 4.94. The van der Waals surface area contributed by atoms with Gasteiger partial charge in [0.05, 0.1) is 11.1 Å². The molecule has 19 heavy (non-hydrogen) atoms. The average molecular weight is 274 g/mol. The molecule has 0 aromatic heterocycles. The topological polar surface area (TPSA) is 55.1 Å². The lowest BCUT2D eigenvalue weighted by molar-refractivity contribution is -0.125. The van der Waals surface area contributed by atoms with Crippen LogP contribution in [0.1, 0.15) is 26.7 Å². The molecule has 0 saturated carbocycles. The summed E-state index contributed by atoms with van der Waals surface area (Å²) in [5.74, 6) is -4.13. The predicted octanol–water partition coefficient (Wildman–Crippen LogP) is 2.81. The van der Waals surface area contributed by atoms with E-state index in [2.05, 4.69) is 5.32 Å². The van der Waals surface area contributed by atoms with Crippen molar-refractivity contribution in [2.75, 3.05) is 11.9 Å². The Morgan fingerprint density at radius 1 is 1.26 bits per heavy atom. The average Bonchev–Trinajstić information content (AvgIpc) is 2.38. The first kappa shape index (κ1) is 15.5. The molecule has 0 bridgehead atoms. The molecule has 0 spiro atoms. The standard InChI is InChI=1S/C13H17F3N2O/c1-3-13(4-2,7-17)12(19)18-10-6-8(14)5-9(15)11(10)16/h5-6H,3-4,7,17H2,1-2H3,(H,18,19). The van der Waals surface area contributed by atoms with E-state index >= 15 is 0 Å². The fourth-order valence-corrected chi connectivity index (χ4v) is 1.85. The maximum atomic E-state index is 13.5. The number of halogens is 3. The minimum atomic E-state index is -1.35. The molecule has 0 unspecified atom stereocenters. The SMILES string of the molecule is CCC(CC)(CN)C(=O)Nc1cc(F)cc(F)c1F. The largest absolute Gasteiger partial charge is 0.329 e. The van der Waals surface area contributed by atoms with Crippen LogP contribution in [0.25, 0.3) is 0 Å². The first-order chi connectivity index (χ1) is 8.90. The van der Waals surface area contributed by atoms with Crippen molar-refractivity contribution < 1.29 is 18.0 Å². The molecule has 0 fully saturated rings. The molecule has 0 heterocycles. The quantitative estimate of drug-likeness (QED) is 0.811. The number of carbonyl (C=O) groups excluding carboxylic acids is 1. The van der Waals surface area contributed by atoms with Crippen molar-refractivity contribution in [2.45, 2.75) is 26.7 Å². The lowest BCUT2D eigenvalue weighted by Gasteiger charge is -2.28. The lowest BCUT2D eigenvalue weighted by Crippen LogP contribution is -2.41. The Bertz CT molecular complexity index is 465. The number of nitrogens with two attached hydrogens (primary N) is 1. The van der Waals surface area contributed by atoms with Crippen molar-refractivity contribution in [1.29, 1.82) is 0 Å². The molecule has 0 aliphatic carbocycles. The monoisotopic (exact) mass is 274 g/mol. The molecular weight excluding hydrogens is 257 g/mol. The number of benzene rings is 1. The molecule has 106 valence electrons. The molecule has 1 amide bonds. The fraction of sp³-hybridized carbons (Fsp3) is 0.462. The van der Waals surface area contributed by atoms with Crippen LogP contribution >= 0.6 is 0 Å². The van der Waals surface area contributed by atoms with Gasteiger partial charge in [0, 0.05) is 18.7 Å². The first-order valence-electron chi connectivity index (χ1n) is 6.06. The van der Waals surface area contributed by atoms with Crippen LogP contribution in [-0.4, -0.2) is 12.5 Å². The maximum Gasteiger partial charge on any atom is 0.231 e. The normalized spacial score (nSPS) is 11.5. The van der Waals surface area contributed by atoms with E-state index in [0.717, 1.165) is 6.07 Å². The molecule has 1 aromatic carbocycles. The van der Waals surface area contributed by atoms with Crippen molar-refractivity contribution in [2.24, 2.45) is 11.1 Å². The molecule has 0 aliphatic heterocycles. The maximum absolute atomic E-state index is 13.5. The van der Waals surface area contributed by atoms with Crippen LogP contribution in [0.2, 0.25) is 0 Å². The molecule has 0 radical (unpaired) electrons. The Morgan fingerprint density at radius 2 is 1.84 bits per heavy atom. The molecule has 0 saturated heterocycles. The van der Waals surface area contributed by atoms with Gasteiger partial charge in [-0.3, -0.25) is 4.79 Å². The van der Waals surface area contributed by atoms with Crippen molar-refractivity contribution in [1.82, 2.24) is 0 Å². The van der Waals surface area contributed by atoms with Crippen LogP contribution in [0.5, 0.6) is 0 Å². The molecule has 1 aromatic rings. The molecule has 3 nitrogen and oxygen atoms in total. The first-order valence-corrected chi connectivity index (χ1v) is 6.06. The smallest absolute Gasteiger partial charge is 0.231 e. The van der Waals surface area contributed by atoms with Gasteiger partial charge in [0.2, 0.25) is 5.91 Å². The Hall–Kier alpha value is -1.56.